The van der Waals surface area contributed by atoms with Gasteiger partial charge in [-0.2, -0.15) is 0 Å². The minimum atomic E-state index is 0.0389. The lowest BCUT2D eigenvalue weighted by Crippen LogP contribution is -2.34. The molecular weight excluding hydrogens is 190 g/mol. The van der Waals surface area contributed by atoms with Crippen LogP contribution in [0, 0.1) is 0 Å². The van der Waals surface area contributed by atoms with Crippen molar-refractivity contribution >= 4 is 0 Å². The summed E-state index contributed by atoms with van der Waals surface area (Å²) in [5, 5.41) is 0. The van der Waals surface area contributed by atoms with Crippen molar-refractivity contribution in [2.24, 2.45) is 5.73 Å². The summed E-state index contributed by atoms with van der Waals surface area (Å²) in [6.07, 6.45) is 4.83. The molecule has 0 amide bonds. The molecule has 1 aromatic heterocycles. The van der Waals surface area contributed by atoms with Crippen LogP contribution in [0.25, 0.3) is 0 Å². The summed E-state index contributed by atoms with van der Waals surface area (Å²) >= 11 is 0. The third-order valence-electron chi connectivity index (χ3n) is 3.30. The van der Waals surface area contributed by atoms with Crippen molar-refractivity contribution in [3.05, 3.63) is 27.4 Å². The molecule has 3 rings (SSSR count). The first-order valence-corrected chi connectivity index (χ1v) is 5.61. The van der Waals surface area contributed by atoms with Crippen molar-refractivity contribution in [2.75, 3.05) is 0 Å². The van der Waals surface area contributed by atoms with Crippen molar-refractivity contribution < 1.29 is 0 Å². The van der Waals surface area contributed by atoms with Crippen LogP contribution in [0.2, 0.25) is 0 Å². The van der Waals surface area contributed by atoms with E-state index in [1.807, 2.05) is 0 Å². The van der Waals surface area contributed by atoms with Gasteiger partial charge in [0.15, 0.2) is 0 Å². The average molecular weight is 205 g/mol. The van der Waals surface area contributed by atoms with Crippen molar-refractivity contribution in [1.82, 2.24) is 9.97 Å². The summed E-state index contributed by atoms with van der Waals surface area (Å²) in [5.41, 5.74) is 7.69. The van der Waals surface area contributed by atoms with Gasteiger partial charge in [-0.15, -0.1) is 0 Å². The molecule has 4 heteroatoms. The fourth-order valence-electron chi connectivity index (χ4n) is 2.22. The molecule has 0 aliphatic heterocycles. The number of hydrogen-bond donors (Lipinski definition) is 2. The summed E-state index contributed by atoms with van der Waals surface area (Å²) in [7, 11) is 0. The molecule has 80 valence electrons. The zero-order valence-electron chi connectivity index (χ0n) is 8.62. The highest BCUT2D eigenvalue weighted by atomic mass is 16.1. The lowest BCUT2D eigenvalue weighted by atomic mass is 9.93. The van der Waals surface area contributed by atoms with E-state index < -0.39 is 0 Å². The number of aromatic amines is 1. The van der Waals surface area contributed by atoms with Crippen LogP contribution in [0.3, 0.4) is 0 Å². The van der Waals surface area contributed by atoms with Crippen LogP contribution in [-0.4, -0.2) is 16.0 Å². The Morgan fingerprint density at radius 1 is 1.33 bits per heavy atom. The second kappa shape index (κ2) is 3.17. The molecule has 1 fully saturated rings. The van der Waals surface area contributed by atoms with Crippen LogP contribution < -0.4 is 11.3 Å². The third kappa shape index (κ3) is 1.59. The maximum absolute atomic E-state index is 11.8. The molecule has 0 bridgehead atoms. The molecule has 0 saturated heterocycles. The molecule has 1 atom stereocenters. The van der Waals surface area contributed by atoms with E-state index in [-0.39, 0.29) is 11.6 Å². The predicted molar refractivity (Wildman–Crippen MR) is 56.8 cm³/mol. The summed E-state index contributed by atoms with van der Waals surface area (Å²) in [5.74, 6) is 1.41. The molecule has 0 aromatic carbocycles. The molecule has 15 heavy (non-hydrogen) atoms. The highest BCUT2D eigenvalue weighted by molar-refractivity contribution is 5.24. The molecule has 0 spiro atoms. The number of aromatic nitrogens is 2. The highest BCUT2D eigenvalue weighted by Crippen LogP contribution is 2.37. The zero-order chi connectivity index (χ0) is 10.4. The van der Waals surface area contributed by atoms with E-state index in [0.717, 1.165) is 29.9 Å². The molecule has 1 aromatic rings. The maximum atomic E-state index is 11.8. The van der Waals surface area contributed by atoms with Gasteiger partial charge in [0.1, 0.15) is 5.82 Å². The summed E-state index contributed by atoms with van der Waals surface area (Å²) < 4.78 is 0. The quantitative estimate of drug-likeness (QED) is 0.699. The van der Waals surface area contributed by atoms with Gasteiger partial charge in [0.05, 0.1) is 5.69 Å². The lowest BCUT2D eigenvalue weighted by molar-refractivity contribution is 0.556. The minimum Gasteiger partial charge on any atom is -0.327 e. The SMILES string of the molecule is NC1CCc2nc(C3CC3)[nH]c(=O)c2C1. The summed E-state index contributed by atoms with van der Waals surface area (Å²) in [6.45, 7) is 0. The maximum Gasteiger partial charge on any atom is 0.254 e. The number of nitrogens with one attached hydrogen (secondary N) is 1. The van der Waals surface area contributed by atoms with Gasteiger partial charge in [-0.1, -0.05) is 0 Å². The fourth-order valence-corrected chi connectivity index (χ4v) is 2.22. The Bertz CT molecular complexity index is 448. The summed E-state index contributed by atoms with van der Waals surface area (Å²) in [6, 6.07) is 0.132. The minimum absolute atomic E-state index is 0.0389. The standard InChI is InChI=1S/C11H15N3O/c12-7-3-4-9-8(5-7)11(15)14-10(13-9)6-1-2-6/h6-7H,1-5,12H2,(H,13,14,15). The molecule has 1 saturated carbocycles. The van der Waals surface area contributed by atoms with Crippen molar-refractivity contribution in [3.8, 4) is 0 Å². The van der Waals surface area contributed by atoms with Crippen molar-refractivity contribution in [1.29, 1.82) is 0 Å². The number of nitrogens with two attached hydrogens (primary N) is 1. The first kappa shape index (κ1) is 9.09. The van der Waals surface area contributed by atoms with Crippen LogP contribution in [-0.2, 0) is 12.8 Å². The van der Waals surface area contributed by atoms with Crippen LogP contribution in [0.4, 0.5) is 0 Å². The van der Waals surface area contributed by atoms with Gasteiger partial charge in [-0.3, -0.25) is 4.79 Å². The van der Waals surface area contributed by atoms with Gasteiger partial charge in [0, 0.05) is 17.5 Å². The van der Waals surface area contributed by atoms with Gasteiger partial charge in [-0.25, -0.2) is 4.98 Å². The number of fused-ring (bicyclic) bond motifs is 1. The van der Waals surface area contributed by atoms with Crippen LogP contribution in [0.5, 0.6) is 0 Å². The Hall–Kier alpha value is -1.16. The Kier molecular flexibility index (Phi) is 1.92. The Labute approximate surface area is 87.9 Å². The first-order valence-electron chi connectivity index (χ1n) is 5.61. The highest BCUT2D eigenvalue weighted by Gasteiger charge is 2.28. The largest absolute Gasteiger partial charge is 0.327 e. The third-order valence-corrected chi connectivity index (χ3v) is 3.30. The van der Waals surface area contributed by atoms with E-state index >= 15 is 0 Å². The number of H-pyrrole nitrogens is 1. The molecule has 1 unspecified atom stereocenters. The number of nitrogens with zero attached hydrogens (tertiary/aromatic N) is 1. The molecule has 2 aliphatic carbocycles. The van der Waals surface area contributed by atoms with Crippen LogP contribution in [0.1, 0.15) is 42.3 Å². The lowest BCUT2D eigenvalue weighted by Gasteiger charge is -2.19. The monoisotopic (exact) mass is 205 g/mol. The Morgan fingerprint density at radius 3 is 2.87 bits per heavy atom. The van der Waals surface area contributed by atoms with Gasteiger partial charge in [-0.05, 0) is 32.1 Å². The molecule has 1 heterocycles. The second-order valence-electron chi connectivity index (χ2n) is 4.65. The van der Waals surface area contributed by atoms with E-state index in [2.05, 4.69) is 9.97 Å². The normalized spacial score (nSPS) is 25.0. The molecule has 2 aliphatic rings. The average Bonchev–Trinajstić information content (AvgIpc) is 3.02. The predicted octanol–water partition coefficient (Wildman–Crippen LogP) is 0.463. The molecule has 0 radical (unpaired) electrons. The van der Waals surface area contributed by atoms with Gasteiger partial charge in [0.2, 0.25) is 0 Å². The van der Waals surface area contributed by atoms with Crippen LogP contribution in [0.15, 0.2) is 4.79 Å². The molecule has 3 N–H and O–H groups in total. The molecular formula is C11H15N3O. The zero-order valence-corrected chi connectivity index (χ0v) is 8.62. The second-order valence-corrected chi connectivity index (χ2v) is 4.65. The van der Waals surface area contributed by atoms with Crippen molar-refractivity contribution in [2.45, 2.75) is 44.1 Å². The van der Waals surface area contributed by atoms with E-state index in [0.29, 0.717) is 12.3 Å². The summed E-state index contributed by atoms with van der Waals surface area (Å²) in [4.78, 5) is 19.3. The van der Waals surface area contributed by atoms with Gasteiger partial charge in [0.25, 0.3) is 5.56 Å². The topological polar surface area (TPSA) is 71.8 Å². The number of hydrogen-bond acceptors (Lipinski definition) is 3. The number of rotatable bonds is 1. The van der Waals surface area contributed by atoms with Gasteiger partial charge < -0.3 is 10.7 Å². The first-order chi connectivity index (χ1) is 7.24. The van der Waals surface area contributed by atoms with E-state index in [1.54, 1.807) is 0 Å². The Morgan fingerprint density at radius 2 is 2.13 bits per heavy atom. The molecule has 4 nitrogen and oxygen atoms in total. The fraction of sp³-hybridized carbons (Fsp3) is 0.636. The van der Waals surface area contributed by atoms with E-state index in [1.165, 1.54) is 12.8 Å². The Balaban J connectivity index is 2.06. The number of aryl methyl sites for hydroxylation is 1. The smallest absolute Gasteiger partial charge is 0.254 e. The van der Waals surface area contributed by atoms with E-state index in [9.17, 15) is 4.79 Å². The van der Waals surface area contributed by atoms with Gasteiger partial charge >= 0.3 is 0 Å². The van der Waals surface area contributed by atoms with Crippen molar-refractivity contribution in [3.63, 3.8) is 0 Å². The van der Waals surface area contributed by atoms with Crippen LogP contribution >= 0.6 is 0 Å². The van der Waals surface area contributed by atoms with E-state index in [4.69, 9.17) is 5.73 Å².